The van der Waals surface area contributed by atoms with Crippen LogP contribution >= 0.6 is 11.6 Å². The van der Waals surface area contributed by atoms with E-state index in [0.717, 1.165) is 34.1 Å². The first-order valence-electron chi connectivity index (χ1n) is 9.67. The first kappa shape index (κ1) is 20.3. The van der Waals surface area contributed by atoms with Crippen LogP contribution in [-0.2, 0) is 17.8 Å². The van der Waals surface area contributed by atoms with Gasteiger partial charge in [-0.25, -0.2) is 4.98 Å². The van der Waals surface area contributed by atoms with Crippen LogP contribution in [0.2, 0.25) is 5.02 Å². The standard InChI is InChI=1S/C24H23ClN2O3/c1-28-22(13-18-14-27-24-20(18)4-3-11-26-24)17-7-10-21(23(12-17)29-2)30-15-16-5-8-19(25)9-6-16/h3-12,14,22H,13,15H2,1-2H3,(H,26,27). The molecule has 0 saturated heterocycles. The minimum absolute atomic E-state index is 0.122. The number of benzene rings is 2. The quantitative estimate of drug-likeness (QED) is 0.393. The molecule has 2 heterocycles. The van der Waals surface area contributed by atoms with Gasteiger partial charge in [0.05, 0.1) is 13.2 Å². The second-order valence-electron chi connectivity index (χ2n) is 6.97. The molecule has 1 N–H and O–H groups in total. The minimum atomic E-state index is -0.122. The maximum atomic E-state index is 5.96. The molecule has 2 aromatic heterocycles. The zero-order chi connectivity index (χ0) is 20.9. The highest BCUT2D eigenvalue weighted by atomic mass is 35.5. The number of aromatic nitrogens is 2. The number of hydrogen-bond acceptors (Lipinski definition) is 4. The molecule has 6 heteroatoms. The van der Waals surface area contributed by atoms with Crippen molar-refractivity contribution in [2.24, 2.45) is 0 Å². The summed E-state index contributed by atoms with van der Waals surface area (Å²) >= 11 is 5.94. The summed E-state index contributed by atoms with van der Waals surface area (Å²) in [6.45, 7) is 0.433. The molecule has 0 spiro atoms. The molecule has 0 aliphatic rings. The maximum Gasteiger partial charge on any atom is 0.161 e. The monoisotopic (exact) mass is 422 g/mol. The van der Waals surface area contributed by atoms with Crippen molar-refractivity contribution in [2.75, 3.05) is 14.2 Å². The van der Waals surface area contributed by atoms with Crippen LogP contribution in [0.1, 0.15) is 22.8 Å². The minimum Gasteiger partial charge on any atom is -0.493 e. The molecule has 0 aliphatic carbocycles. The van der Waals surface area contributed by atoms with Crippen LogP contribution in [0.3, 0.4) is 0 Å². The van der Waals surface area contributed by atoms with Crippen molar-refractivity contribution in [2.45, 2.75) is 19.1 Å². The number of fused-ring (bicyclic) bond motifs is 1. The summed E-state index contributed by atoms with van der Waals surface area (Å²) in [7, 11) is 3.36. The third kappa shape index (κ3) is 4.42. The van der Waals surface area contributed by atoms with E-state index in [0.29, 0.717) is 23.1 Å². The van der Waals surface area contributed by atoms with Crippen molar-refractivity contribution < 1.29 is 14.2 Å². The van der Waals surface area contributed by atoms with Crippen molar-refractivity contribution in [3.63, 3.8) is 0 Å². The SMILES string of the molecule is COc1cc(C(Cc2c[nH]c3ncccc23)OC)ccc1OCc1ccc(Cl)cc1. The number of rotatable bonds is 8. The first-order valence-corrected chi connectivity index (χ1v) is 10.0. The van der Waals surface area contributed by atoms with Crippen molar-refractivity contribution in [1.82, 2.24) is 9.97 Å². The van der Waals surface area contributed by atoms with E-state index in [2.05, 4.69) is 16.0 Å². The van der Waals surface area contributed by atoms with E-state index in [1.807, 2.05) is 54.7 Å². The average Bonchev–Trinajstić information content (AvgIpc) is 3.20. The number of hydrogen-bond donors (Lipinski definition) is 1. The van der Waals surface area contributed by atoms with Crippen LogP contribution in [0.4, 0.5) is 0 Å². The van der Waals surface area contributed by atoms with Crippen molar-refractivity contribution >= 4 is 22.6 Å². The van der Waals surface area contributed by atoms with E-state index >= 15 is 0 Å². The number of pyridine rings is 1. The second kappa shape index (κ2) is 9.20. The van der Waals surface area contributed by atoms with Crippen LogP contribution < -0.4 is 9.47 Å². The molecule has 5 nitrogen and oxygen atoms in total. The highest BCUT2D eigenvalue weighted by Gasteiger charge is 2.17. The Labute approximate surface area is 180 Å². The molecule has 2 aromatic carbocycles. The zero-order valence-corrected chi connectivity index (χ0v) is 17.6. The van der Waals surface area contributed by atoms with Crippen molar-refractivity contribution in [3.8, 4) is 11.5 Å². The molecule has 4 aromatic rings. The van der Waals surface area contributed by atoms with Gasteiger partial charge in [0, 0.05) is 36.3 Å². The summed E-state index contributed by atoms with van der Waals surface area (Å²) in [6.07, 6.45) is 4.37. The summed E-state index contributed by atoms with van der Waals surface area (Å²) in [5.74, 6) is 1.35. The molecule has 0 aliphatic heterocycles. The smallest absolute Gasteiger partial charge is 0.161 e. The highest BCUT2D eigenvalue weighted by molar-refractivity contribution is 6.30. The van der Waals surface area contributed by atoms with Crippen LogP contribution in [0, 0.1) is 0 Å². The number of methoxy groups -OCH3 is 2. The summed E-state index contributed by atoms with van der Waals surface area (Å²) in [6, 6.07) is 17.5. The van der Waals surface area contributed by atoms with Crippen LogP contribution in [-0.4, -0.2) is 24.2 Å². The average molecular weight is 423 g/mol. The van der Waals surface area contributed by atoms with E-state index in [1.54, 1.807) is 20.4 Å². The Morgan fingerprint density at radius 3 is 2.63 bits per heavy atom. The first-order chi connectivity index (χ1) is 14.7. The predicted molar refractivity (Wildman–Crippen MR) is 118 cm³/mol. The lowest BCUT2D eigenvalue weighted by molar-refractivity contribution is 0.103. The largest absolute Gasteiger partial charge is 0.493 e. The fourth-order valence-electron chi connectivity index (χ4n) is 3.46. The summed E-state index contributed by atoms with van der Waals surface area (Å²) < 4.78 is 17.3. The van der Waals surface area contributed by atoms with Crippen LogP contribution in [0.25, 0.3) is 11.0 Å². The van der Waals surface area contributed by atoms with Crippen LogP contribution in [0.15, 0.2) is 67.0 Å². The molecular formula is C24H23ClN2O3. The van der Waals surface area contributed by atoms with Crippen molar-refractivity contribution in [1.29, 1.82) is 0 Å². The number of H-pyrrole nitrogens is 1. The van der Waals surface area contributed by atoms with Gasteiger partial charge in [0.2, 0.25) is 0 Å². The van der Waals surface area contributed by atoms with Crippen LogP contribution in [0.5, 0.6) is 11.5 Å². The number of ether oxygens (including phenoxy) is 3. The summed E-state index contributed by atoms with van der Waals surface area (Å²) in [5, 5.41) is 1.81. The van der Waals surface area contributed by atoms with Crippen molar-refractivity contribution in [3.05, 3.63) is 88.7 Å². The van der Waals surface area contributed by atoms with Gasteiger partial charge in [-0.3, -0.25) is 0 Å². The second-order valence-corrected chi connectivity index (χ2v) is 7.40. The molecule has 0 saturated carbocycles. The van der Waals surface area contributed by atoms with Gasteiger partial charge in [-0.05, 0) is 53.1 Å². The summed E-state index contributed by atoms with van der Waals surface area (Å²) in [5.41, 5.74) is 4.09. The number of nitrogens with one attached hydrogen (secondary N) is 1. The molecule has 0 bridgehead atoms. The van der Waals surface area contributed by atoms with Gasteiger partial charge >= 0.3 is 0 Å². The third-order valence-corrected chi connectivity index (χ3v) is 5.35. The number of aromatic amines is 1. The molecule has 0 radical (unpaired) electrons. The maximum absolute atomic E-state index is 5.96. The van der Waals surface area contributed by atoms with E-state index in [1.165, 1.54) is 0 Å². The molecule has 0 fully saturated rings. The lowest BCUT2D eigenvalue weighted by Gasteiger charge is -2.18. The Balaban J connectivity index is 1.52. The normalized spacial score (nSPS) is 12.1. The van der Waals surface area contributed by atoms with Gasteiger partial charge in [0.1, 0.15) is 12.3 Å². The Bertz CT molecular complexity index is 1120. The molecule has 4 rings (SSSR count). The molecule has 30 heavy (non-hydrogen) atoms. The predicted octanol–water partition coefficient (Wildman–Crippen LogP) is 5.73. The molecule has 154 valence electrons. The topological polar surface area (TPSA) is 56.4 Å². The van der Waals surface area contributed by atoms with Gasteiger partial charge < -0.3 is 19.2 Å². The fraction of sp³-hybridized carbons (Fsp3) is 0.208. The number of nitrogens with zero attached hydrogens (tertiary/aromatic N) is 1. The lowest BCUT2D eigenvalue weighted by Crippen LogP contribution is -2.06. The van der Waals surface area contributed by atoms with Gasteiger partial charge in [-0.1, -0.05) is 29.8 Å². The number of halogens is 1. The molecule has 1 atom stereocenters. The van der Waals surface area contributed by atoms with Gasteiger partial charge in [-0.15, -0.1) is 0 Å². The summed E-state index contributed by atoms with van der Waals surface area (Å²) in [4.78, 5) is 7.57. The molecular weight excluding hydrogens is 400 g/mol. The van der Waals surface area contributed by atoms with Gasteiger partial charge in [-0.2, -0.15) is 0 Å². The Kier molecular flexibility index (Phi) is 6.21. The molecule has 0 amide bonds. The molecule has 1 unspecified atom stereocenters. The lowest BCUT2D eigenvalue weighted by atomic mass is 10.0. The Hall–Kier alpha value is -3.02. The highest BCUT2D eigenvalue weighted by Crippen LogP contribution is 2.34. The van der Waals surface area contributed by atoms with E-state index in [9.17, 15) is 0 Å². The third-order valence-electron chi connectivity index (χ3n) is 5.09. The Morgan fingerprint density at radius 1 is 1.03 bits per heavy atom. The fourth-order valence-corrected chi connectivity index (χ4v) is 3.59. The van der Waals surface area contributed by atoms with E-state index < -0.39 is 0 Å². The van der Waals surface area contributed by atoms with E-state index in [4.69, 9.17) is 25.8 Å². The van der Waals surface area contributed by atoms with Gasteiger partial charge in [0.25, 0.3) is 0 Å². The zero-order valence-electron chi connectivity index (χ0n) is 16.9. The van der Waals surface area contributed by atoms with E-state index in [-0.39, 0.29) is 6.10 Å². The Morgan fingerprint density at radius 2 is 1.87 bits per heavy atom. The van der Waals surface area contributed by atoms with Gasteiger partial charge in [0.15, 0.2) is 11.5 Å².